The summed E-state index contributed by atoms with van der Waals surface area (Å²) in [6.45, 7) is -0.0375. The molecule has 0 unspecified atom stereocenters. The summed E-state index contributed by atoms with van der Waals surface area (Å²) in [7, 11) is 0. The molecule has 0 radical (unpaired) electrons. The molecule has 1 saturated carbocycles. The summed E-state index contributed by atoms with van der Waals surface area (Å²) in [4.78, 5) is 12.6. The van der Waals surface area contributed by atoms with Crippen LogP contribution in [-0.2, 0) is 4.79 Å². The number of benzene rings is 2. The monoisotopic (exact) mass is 339 g/mol. The minimum atomic E-state index is -0.533. The highest BCUT2D eigenvalue weighted by Gasteiger charge is 2.33. The minimum Gasteiger partial charge on any atom is -0.396 e. The summed E-state index contributed by atoms with van der Waals surface area (Å²) in [6.07, 6.45) is 0.974. The summed E-state index contributed by atoms with van der Waals surface area (Å²) in [5.74, 6) is -0.153. The van der Waals surface area contributed by atoms with Crippen molar-refractivity contribution in [2.24, 2.45) is 5.92 Å². The van der Waals surface area contributed by atoms with Crippen molar-refractivity contribution in [3.05, 3.63) is 71.8 Å². The molecule has 1 amide bonds. The van der Waals surface area contributed by atoms with Crippen LogP contribution in [0.15, 0.2) is 60.7 Å². The van der Waals surface area contributed by atoms with E-state index in [1.807, 2.05) is 60.7 Å². The third kappa shape index (κ3) is 4.47. The lowest BCUT2D eigenvalue weighted by Crippen LogP contribution is -2.34. The first-order valence-electron chi connectivity index (χ1n) is 8.85. The van der Waals surface area contributed by atoms with Gasteiger partial charge in [0, 0.05) is 30.9 Å². The van der Waals surface area contributed by atoms with Gasteiger partial charge in [0.1, 0.15) is 0 Å². The van der Waals surface area contributed by atoms with Crippen LogP contribution in [0, 0.1) is 5.92 Å². The Labute approximate surface area is 148 Å². The lowest BCUT2D eigenvalue weighted by atomic mass is 9.88. The van der Waals surface area contributed by atoms with E-state index in [9.17, 15) is 15.0 Å². The van der Waals surface area contributed by atoms with Gasteiger partial charge in [0.25, 0.3) is 0 Å². The van der Waals surface area contributed by atoms with Crippen molar-refractivity contribution in [3.8, 4) is 0 Å². The fraction of sp³-hybridized carbons (Fsp3) is 0.381. The molecule has 0 aromatic heterocycles. The van der Waals surface area contributed by atoms with Gasteiger partial charge in [-0.1, -0.05) is 60.7 Å². The van der Waals surface area contributed by atoms with Gasteiger partial charge in [-0.15, -0.1) is 0 Å². The Bertz CT molecular complexity index is 635. The Balaban J connectivity index is 1.69. The molecule has 0 spiro atoms. The third-order valence-electron chi connectivity index (χ3n) is 5.05. The third-order valence-corrected chi connectivity index (χ3v) is 5.05. The molecule has 3 N–H and O–H groups in total. The molecule has 3 atom stereocenters. The molecule has 4 nitrogen and oxygen atoms in total. The maximum absolute atomic E-state index is 12.6. The van der Waals surface area contributed by atoms with Gasteiger partial charge in [-0.3, -0.25) is 4.79 Å². The van der Waals surface area contributed by atoms with Crippen LogP contribution in [0.2, 0.25) is 0 Å². The van der Waals surface area contributed by atoms with Crippen LogP contribution < -0.4 is 5.32 Å². The number of carbonyl (C=O) groups excluding carboxylic acids is 1. The standard InChI is InChI=1S/C21H25NO3/c23-14-17-11-18(12-20(17)24)22-21(25)13-19(15-7-3-1-4-8-15)16-9-5-2-6-10-16/h1-10,17-20,23-24H,11-14H2,(H,22,25)/t17-,18+,20+/m1/s1. The Hall–Kier alpha value is -2.17. The highest BCUT2D eigenvalue weighted by Crippen LogP contribution is 2.29. The topological polar surface area (TPSA) is 69.6 Å². The zero-order valence-electron chi connectivity index (χ0n) is 14.2. The number of hydrogen-bond donors (Lipinski definition) is 3. The normalized spacial score (nSPS) is 22.9. The van der Waals surface area contributed by atoms with Crippen molar-refractivity contribution >= 4 is 5.91 Å². The first-order chi connectivity index (χ1) is 12.2. The second kappa shape index (κ2) is 8.28. The predicted molar refractivity (Wildman–Crippen MR) is 97.1 cm³/mol. The van der Waals surface area contributed by atoms with E-state index in [1.165, 1.54) is 0 Å². The number of hydrogen-bond acceptors (Lipinski definition) is 3. The van der Waals surface area contributed by atoms with Crippen molar-refractivity contribution in [2.45, 2.75) is 37.3 Å². The van der Waals surface area contributed by atoms with Crippen LogP contribution in [0.1, 0.15) is 36.3 Å². The van der Waals surface area contributed by atoms with Gasteiger partial charge in [0.05, 0.1) is 6.10 Å². The van der Waals surface area contributed by atoms with Crippen molar-refractivity contribution in [1.82, 2.24) is 5.32 Å². The lowest BCUT2D eigenvalue weighted by molar-refractivity contribution is -0.122. The summed E-state index contributed by atoms with van der Waals surface area (Å²) >= 11 is 0. The first-order valence-corrected chi connectivity index (χ1v) is 8.85. The molecule has 1 fully saturated rings. The Morgan fingerprint density at radius 2 is 1.56 bits per heavy atom. The molecule has 0 aliphatic heterocycles. The van der Waals surface area contributed by atoms with Gasteiger partial charge in [-0.05, 0) is 24.0 Å². The van der Waals surface area contributed by atoms with Gasteiger partial charge in [0.15, 0.2) is 0 Å². The average molecular weight is 339 g/mol. The number of aliphatic hydroxyl groups is 2. The molecular formula is C21H25NO3. The molecule has 132 valence electrons. The zero-order valence-corrected chi connectivity index (χ0v) is 14.2. The fourth-order valence-electron chi connectivity index (χ4n) is 3.69. The number of carbonyl (C=O) groups is 1. The van der Waals surface area contributed by atoms with Crippen molar-refractivity contribution in [3.63, 3.8) is 0 Å². The van der Waals surface area contributed by atoms with E-state index in [1.54, 1.807) is 0 Å². The maximum Gasteiger partial charge on any atom is 0.221 e. The van der Waals surface area contributed by atoms with Gasteiger partial charge >= 0.3 is 0 Å². The SMILES string of the molecule is O=C(CC(c1ccccc1)c1ccccc1)N[C@H]1C[C@H](CO)[C@@H](O)C1. The Morgan fingerprint density at radius 1 is 1.00 bits per heavy atom. The highest BCUT2D eigenvalue weighted by molar-refractivity contribution is 5.78. The second-order valence-corrected chi connectivity index (χ2v) is 6.82. The molecular weight excluding hydrogens is 314 g/mol. The second-order valence-electron chi connectivity index (χ2n) is 6.82. The minimum absolute atomic E-state index is 0.00219. The zero-order chi connectivity index (χ0) is 17.6. The smallest absolute Gasteiger partial charge is 0.221 e. The van der Waals surface area contributed by atoms with Crippen molar-refractivity contribution < 1.29 is 15.0 Å². The van der Waals surface area contributed by atoms with Crippen LogP contribution in [-0.4, -0.2) is 34.9 Å². The molecule has 0 bridgehead atoms. The molecule has 0 heterocycles. The van der Waals surface area contributed by atoms with Crippen molar-refractivity contribution in [2.75, 3.05) is 6.61 Å². The van der Waals surface area contributed by atoms with E-state index in [0.717, 1.165) is 11.1 Å². The summed E-state index contributed by atoms with van der Waals surface area (Å²) in [5, 5.41) is 22.2. The van der Waals surface area contributed by atoms with Crippen LogP contribution in [0.5, 0.6) is 0 Å². The maximum atomic E-state index is 12.6. The van der Waals surface area contributed by atoms with Gasteiger partial charge < -0.3 is 15.5 Å². The van der Waals surface area contributed by atoms with Crippen LogP contribution in [0.4, 0.5) is 0 Å². The van der Waals surface area contributed by atoms with Gasteiger partial charge in [-0.2, -0.15) is 0 Å². The quantitative estimate of drug-likeness (QED) is 0.757. The van der Waals surface area contributed by atoms with Crippen LogP contribution in [0.25, 0.3) is 0 Å². The molecule has 0 saturated heterocycles. The van der Waals surface area contributed by atoms with Crippen molar-refractivity contribution in [1.29, 1.82) is 0 Å². The number of nitrogens with one attached hydrogen (secondary N) is 1. The first kappa shape index (κ1) is 17.6. The van der Waals surface area contributed by atoms with Gasteiger partial charge in [-0.25, -0.2) is 0 Å². The fourth-order valence-corrected chi connectivity index (χ4v) is 3.69. The largest absolute Gasteiger partial charge is 0.396 e. The molecule has 1 aliphatic carbocycles. The van der Waals surface area contributed by atoms with E-state index < -0.39 is 6.10 Å². The van der Waals surface area contributed by atoms with Crippen LogP contribution >= 0.6 is 0 Å². The van der Waals surface area contributed by atoms with E-state index >= 15 is 0 Å². The summed E-state index contributed by atoms with van der Waals surface area (Å²) < 4.78 is 0. The highest BCUT2D eigenvalue weighted by atomic mass is 16.3. The van der Waals surface area contributed by atoms with Gasteiger partial charge in [0.2, 0.25) is 5.91 Å². The molecule has 25 heavy (non-hydrogen) atoms. The van der Waals surface area contributed by atoms with E-state index in [4.69, 9.17) is 0 Å². The Kier molecular flexibility index (Phi) is 5.84. The van der Waals surface area contributed by atoms with E-state index in [2.05, 4.69) is 5.32 Å². The molecule has 4 heteroatoms. The van der Waals surface area contributed by atoms with Crippen LogP contribution in [0.3, 0.4) is 0 Å². The van der Waals surface area contributed by atoms with E-state index in [0.29, 0.717) is 19.3 Å². The molecule has 2 aromatic rings. The Morgan fingerprint density at radius 3 is 2.04 bits per heavy atom. The number of aliphatic hydroxyl groups excluding tert-OH is 2. The predicted octanol–water partition coefficient (Wildman–Crippen LogP) is 2.46. The average Bonchev–Trinajstić information content (AvgIpc) is 3.00. The molecule has 2 aromatic carbocycles. The summed E-state index contributed by atoms with van der Waals surface area (Å²) in [5.41, 5.74) is 2.23. The molecule has 3 rings (SSSR count). The lowest BCUT2D eigenvalue weighted by Gasteiger charge is -2.19. The van der Waals surface area contributed by atoms with E-state index in [-0.39, 0.29) is 30.4 Å². The summed E-state index contributed by atoms with van der Waals surface area (Å²) in [6, 6.07) is 20.0. The number of rotatable bonds is 6. The number of amides is 1. The molecule has 1 aliphatic rings.